The van der Waals surface area contributed by atoms with Gasteiger partial charge in [0.25, 0.3) is 0 Å². The van der Waals surface area contributed by atoms with Crippen LogP contribution in [0, 0.1) is 11.3 Å². The molecule has 2 aliphatic rings. The number of carbonyl (C=O) groups is 2. The molecule has 2 atom stereocenters. The third kappa shape index (κ3) is 4.16. The molecule has 0 bridgehead atoms. The van der Waals surface area contributed by atoms with Crippen LogP contribution in [-0.4, -0.2) is 64.8 Å². The van der Waals surface area contributed by atoms with Gasteiger partial charge in [-0.1, -0.05) is 13.8 Å². The summed E-state index contributed by atoms with van der Waals surface area (Å²) < 4.78 is 5.46. The van der Waals surface area contributed by atoms with E-state index in [0.717, 1.165) is 6.42 Å². The summed E-state index contributed by atoms with van der Waals surface area (Å²) in [6.45, 7) is 11.6. The Labute approximate surface area is 138 Å². The van der Waals surface area contributed by atoms with E-state index >= 15 is 0 Å². The number of nitrogens with zero attached hydrogens (tertiary/aromatic N) is 2. The zero-order chi connectivity index (χ0) is 17.4. The molecule has 2 unspecified atom stereocenters. The zero-order valence-corrected chi connectivity index (χ0v) is 15.0. The number of carbonyl (C=O) groups excluding carboxylic acids is 2. The molecule has 23 heavy (non-hydrogen) atoms. The SMILES string of the molecule is CC(C)(C)OC(=O)N1CCC(N2CC(CO)CC2=O)C(C)(C)C1. The van der Waals surface area contributed by atoms with Crippen LogP contribution in [0.4, 0.5) is 4.79 Å². The monoisotopic (exact) mass is 326 g/mol. The Morgan fingerprint density at radius 3 is 2.52 bits per heavy atom. The lowest BCUT2D eigenvalue weighted by Crippen LogP contribution is -2.57. The Bertz CT molecular complexity index is 470. The minimum absolute atomic E-state index is 0.0437. The Kier molecular flexibility index (Phi) is 4.95. The topological polar surface area (TPSA) is 70.1 Å². The second kappa shape index (κ2) is 6.30. The zero-order valence-electron chi connectivity index (χ0n) is 15.0. The Morgan fingerprint density at radius 2 is 2.04 bits per heavy atom. The molecule has 0 saturated carbocycles. The minimum Gasteiger partial charge on any atom is -0.444 e. The molecule has 2 heterocycles. The van der Waals surface area contributed by atoms with Crippen LogP contribution < -0.4 is 0 Å². The molecule has 6 heteroatoms. The van der Waals surface area contributed by atoms with Crippen molar-refractivity contribution in [3.8, 4) is 0 Å². The first-order valence-electron chi connectivity index (χ1n) is 8.42. The maximum Gasteiger partial charge on any atom is 0.410 e. The number of aliphatic hydroxyl groups excluding tert-OH is 1. The molecule has 0 spiro atoms. The van der Waals surface area contributed by atoms with Crippen molar-refractivity contribution in [1.29, 1.82) is 0 Å². The molecule has 0 radical (unpaired) electrons. The van der Waals surface area contributed by atoms with E-state index in [4.69, 9.17) is 4.74 Å². The van der Waals surface area contributed by atoms with Crippen molar-refractivity contribution in [2.24, 2.45) is 11.3 Å². The molecule has 0 aromatic carbocycles. The first-order chi connectivity index (χ1) is 10.5. The molecule has 132 valence electrons. The molecule has 2 rings (SSSR count). The van der Waals surface area contributed by atoms with Crippen LogP contribution in [-0.2, 0) is 9.53 Å². The fourth-order valence-corrected chi connectivity index (χ4v) is 3.64. The maximum atomic E-state index is 12.3. The number of piperidine rings is 1. The molecule has 2 fully saturated rings. The third-order valence-corrected chi connectivity index (χ3v) is 4.70. The molecular formula is C17H30N2O4. The van der Waals surface area contributed by atoms with Crippen molar-refractivity contribution in [2.75, 3.05) is 26.2 Å². The van der Waals surface area contributed by atoms with Gasteiger partial charge >= 0.3 is 6.09 Å². The highest BCUT2D eigenvalue weighted by Crippen LogP contribution is 2.36. The number of ether oxygens (including phenoxy) is 1. The van der Waals surface area contributed by atoms with Gasteiger partial charge < -0.3 is 19.6 Å². The van der Waals surface area contributed by atoms with Crippen LogP contribution in [0.1, 0.15) is 47.5 Å². The van der Waals surface area contributed by atoms with E-state index in [1.54, 1.807) is 4.90 Å². The average molecular weight is 326 g/mol. The third-order valence-electron chi connectivity index (χ3n) is 4.70. The van der Waals surface area contributed by atoms with Crippen molar-refractivity contribution < 1.29 is 19.4 Å². The molecule has 0 aromatic heterocycles. The highest BCUT2D eigenvalue weighted by Gasteiger charge is 2.45. The molecule has 0 aromatic rings. The average Bonchev–Trinajstić information content (AvgIpc) is 2.76. The number of aliphatic hydroxyl groups is 1. The van der Waals surface area contributed by atoms with Gasteiger partial charge in [-0.05, 0) is 27.2 Å². The van der Waals surface area contributed by atoms with Gasteiger partial charge in [0, 0.05) is 50.0 Å². The number of amides is 2. The van der Waals surface area contributed by atoms with Crippen LogP contribution >= 0.6 is 0 Å². The molecule has 2 aliphatic heterocycles. The second-order valence-electron chi connectivity index (χ2n) is 8.49. The van der Waals surface area contributed by atoms with E-state index in [9.17, 15) is 14.7 Å². The van der Waals surface area contributed by atoms with Gasteiger partial charge in [-0.25, -0.2) is 4.79 Å². The lowest BCUT2D eigenvalue weighted by molar-refractivity contribution is -0.133. The fourth-order valence-electron chi connectivity index (χ4n) is 3.64. The lowest BCUT2D eigenvalue weighted by atomic mass is 9.78. The van der Waals surface area contributed by atoms with E-state index in [-0.39, 0.29) is 36.0 Å². The molecular weight excluding hydrogens is 296 g/mol. The first kappa shape index (κ1) is 18.0. The summed E-state index contributed by atoms with van der Waals surface area (Å²) in [6.07, 6.45) is 0.889. The van der Waals surface area contributed by atoms with E-state index in [1.807, 2.05) is 25.7 Å². The van der Waals surface area contributed by atoms with Crippen molar-refractivity contribution in [2.45, 2.75) is 59.1 Å². The van der Waals surface area contributed by atoms with Gasteiger partial charge in [-0.15, -0.1) is 0 Å². The number of hydrogen-bond donors (Lipinski definition) is 1. The Balaban J connectivity index is 2.03. The van der Waals surface area contributed by atoms with Gasteiger partial charge in [-0.3, -0.25) is 4.79 Å². The number of hydrogen-bond acceptors (Lipinski definition) is 4. The quantitative estimate of drug-likeness (QED) is 0.841. The largest absolute Gasteiger partial charge is 0.444 e. The normalized spacial score (nSPS) is 28.2. The predicted octanol–water partition coefficient (Wildman–Crippen LogP) is 1.86. The molecule has 0 aliphatic carbocycles. The summed E-state index contributed by atoms with van der Waals surface area (Å²) in [5.74, 6) is 0.162. The summed E-state index contributed by atoms with van der Waals surface area (Å²) >= 11 is 0. The van der Waals surface area contributed by atoms with E-state index < -0.39 is 5.60 Å². The highest BCUT2D eigenvalue weighted by molar-refractivity contribution is 5.79. The Morgan fingerprint density at radius 1 is 1.39 bits per heavy atom. The number of rotatable bonds is 2. The van der Waals surface area contributed by atoms with Crippen LogP contribution in [0.15, 0.2) is 0 Å². The first-order valence-corrected chi connectivity index (χ1v) is 8.42. The van der Waals surface area contributed by atoms with Crippen LogP contribution in [0.2, 0.25) is 0 Å². The smallest absolute Gasteiger partial charge is 0.410 e. The maximum absolute atomic E-state index is 12.3. The van der Waals surface area contributed by atoms with Crippen molar-refractivity contribution in [3.05, 3.63) is 0 Å². The van der Waals surface area contributed by atoms with Crippen LogP contribution in [0.3, 0.4) is 0 Å². The summed E-state index contributed by atoms with van der Waals surface area (Å²) in [5.41, 5.74) is -0.702. The summed E-state index contributed by atoms with van der Waals surface area (Å²) in [4.78, 5) is 28.2. The van der Waals surface area contributed by atoms with Gasteiger partial charge in [0.2, 0.25) is 5.91 Å². The highest BCUT2D eigenvalue weighted by atomic mass is 16.6. The van der Waals surface area contributed by atoms with Crippen molar-refractivity contribution in [3.63, 3.8) is 0 Å². The summed E-state index contributed by atoms with van der Waals surface area (Å²) in [7, 11) is 0. The standard InChI is InChI=1S/C17H30N2O4/c1-16(2,3)23-15(22)18-7-6-13(17(4,5)11-18)19-9-12(10-20)8-14(19)21/h12-13,20H,6-11H2,1-5H3. The number of likely N-dealkylation sites (tertiary alicyclic amines) is 2. The van der Waals surface area contributed by atoms with Gasteiger partial charge in [-0.2, -0.15) is 0 Å². The van der Waals surface area contributed by atoms with Gasteiger partial charge in [0.15, 0.2) is 0 Å². The summed E-state index contributed by atoms with van der Waals surface area (Å²) in [5, 5.41) is 9.30. The van der Waals surface area contributed by atoms with E-state index in [0.29, 0.717) is 26.1 Å². The lowest BCUT2D eigenvalue weighted by Gasteiger charge is -2.47. The summed E-state index contributed by atoms with van der Waals surface area (Å²) in [6, 6.07) is 0.102. The minimum atomic E-state index is -0.503. The Hall–Kier alpha value is -1.30. The fraction of sp³-hybridized carbons (Fsp3) is 0.882. The van der Waals surface area contributed by atoms with E-state index in [2.05, 4.69) is 13.8 Å². The van der Waals surface area contributed by atoms with Gasteiger partial charge in [0.1, 0.15) is 5.60 Å². The van der Waals surface area contributed by atoms with Crippen LogP contribution in [0.5, 0.6) is 0 Å². The molecule has 1 N–H and O–H groups in total. The van der Waals surface area contributed by atoms with Gasteiger partial charge in [0.05, 0.1) is 0 Å². The van der Waals surface area contributed by atoms with Crippen molar-refractivity contribution in [1.82, 2.24) is 9.80 Å². The predicted molar refractivity (Wildman–Crippen MR) is 86.9 cm³/mol. The molecule has 6 nitrogen and oxygen atoms in total. The van der Waals surface area contributed by atoms with Crippen molar-refractivity contribution >= 4 is 12.0 Å². The second-order valence-corrected chi connectivity index (χ2v) is 8.49. The van der Waals surface area contributed by atoms with Crippen LogP contribution in [0.25, 0.3) is 0 Å². The van der Waals surface area contributed by atoms with E-state index in [1.165, 1.54) is 0 Å². The molecule has 2 saturated heterocycles. The molecule has 2 amide bonds.